The molecule has 1 atom stereocenters. The smallest absolute Gasteiger partial charge is 0.145 e. The molecule has 0 spiro atoms. The number of halogens is 2. The fourth-order valence-corrected chi connectivity index (χ4v) is 2.94. The van der Waals surface area contributed by atoms with Crippen molar-refractivity contribution in [2.45, 2.75) is 18.8 Å². The molecule has 0 amide bonds. The number of hydrogen-bond acceptors (Lipinski definition) is 1. The Morgan fingerprint density at radius 2 is 2.05 bits per heavy atom. The second-order valence-corrected chi connectivity index (χ2v) is 5.75. The first-order chi connectivity index (χ1) is 9.15. The highest BCUT2D eigenvalue weighted by Crippen LogP contribution is 2.36. The molecule has 0 aliphatic heterocycles. The molecular weight excluding hydrogens is 307 g/mol. The van der Waals surface area contributed by atoms with Crippen LogP contribution in [0.5, 0.6) is 0 Å². The van der Waals surface area contributed by atoms with Gasteiger partial charge in [0.2, 0.25) is 0 Å². The van der Waals surface area contributed by atoms with E-state index in [9.17, 15) is 9.18 Å². The molecule has 0 bridgehead atoms. The normalized spacial score (nSPS) is 16.6. The highest BCUT2D eigenvalue weighted by Gasteiger charge is 2.31. The summed E-state index contributed by atoms with van der Waals surface area (Å²) in [6.45, 7) is 0. The zero-order valence-electron chi connectivity index (χ0n) is 10.2. The Morgan fingerprint density at radius 3 is 2.84 bits per heavy atom. The maximum atomic E-state index is 13.6. The van der Waals surface area contributed by atoms with Crippen molar-refractivity contribution in [3.8, 4) is 0 Å². The van der Waals surface area contributed by atoms with E-state index in [0.717, 1.165) is 16.5 Å². The number of Topliss-reactive ketones (excluding diaryl/α,β-unsaturated/α-hetero) is 1. The van der Waals surface area contributed by atoms with Crippen LogP contribution in [0.3, 0.4) is 0 Å². The molecule has 0 saturated carbocycles. The first-order valence-electron chi connectivity index (χ1n) is 6.19. The van der Waals surface area contributed by atoms with Gasteiger partial charge in [-0.3, -0.25) is 4.79 Å². The first-order valence-corrected chi connectivity index (χ1v) is 6.99. The molecule has 0 heterocycles. The number of carbonyl (C=O) groups excluding carboxylic acids is 1. The SMILES string of the molecule is O=C(Cc1cc(Br)ccc1F)C1Cc2ccccc21. The zero-order chi connectivity index (χ0) is 13.4. The van der Waals surface area contributed by atoms with Gasteiger partial charge in [-0.1, -0.05) is 40.2 Å². The molecule has 0 aromatic heterocycles. The average molecular weight is 319 g/mol. The predicted octanol–water partition coefficient (Wildman–Crippen LogP) is 4.04. The molecule has 3 rings (SSSR count). The summed E-state index contributed by atoms with van der Waals surface area (Å²) >= 11 is 3.30. The highest BCUT2D eigenvalue weighted by molar-refractivity contribution is 9.10. The minimum atomic E-state index is -0.316. The van der Waals surface area contributed by atoms with Crippen LogP contribution < -0.4 is 0 Å². The van der Waals surface area contributed by atoms with Gasteiger partial charge < -0.3 is 0 Å². The van der Waals surface area contributed by atoms with Crippen molar-refractivity contribution in [1.82, 2.24) is 0 Å². The lowest BCUT2D eigenvalue weighted by molar-refractivity contribution is -0.120. The molecule has 2 aromatic carbocycles. The second kappa shape index (κ2) is 4.89. The van der Waals surface area contributed by atoms with Crippen molar-refractivity contribution in [2.75, 3.05) is 0 Å². The molecule has 0 N–H and O–H groups in total. The van der Waals surface area contributed by atoms with E-state index in [1.165, 1.54) is 11.6 Å². The molecule has 1 aliphatic rings. The lowest BCUT2D eigenvalue weighted by Crippen LogP contribution is -2.26. The third-order valence-electron chi connectivity index (χ3n) is 3.62. The van der Waals surface area contributed by atoms with E-state index < -0.39 is 0 Å². The van der Waals surface area contributed by atoms with Gasteiger partial charge in [-0.15, -0.1) is 0 Å². The first kappa shape index (κ1) is 12.5. The van der Waals surface area contributed by atoms with Crippen LogP contribution >= 0.6 is 15.9 Å². The fraction of sp³-hybridized carbons (Fsp3) is 0.188. The number of rotatable bonds is 3. The van der Waals surface area contributed by atoms with E-state index in [4.69, 9.17) is 0 Å². The summed E-state index contributed by atoms with van der Waals surface area (Å²) in [5.41, 5.74) is 2.79. The Hall–Kier alpha value is -1.48. The van der Waals surface area contributed by atoms with Crippen molar-refractivity contribution >= 4 is 21.7 Å². The van der Waals surface area contributed by atoms with Crippen LogP contribution in [0.25, 0.3) is 0 Å². The van der Waals surface area contributed by atoms with Gasteiger partial charge in [0.1, 0.15) is 11.6 Å². The van der Waals surface area contributed by atoms with Gasteiger partial charge in [-0.25, -0.2) is 4.39 Å². The minimum Gasteiger partial charge on any atom is -0.299 e. The molecule has 1 nitrogen and oxygen atoms in total. The van der Waals surface area contributed by atoms with E-state index in [0.29, 0.717) is 5.56 Å². The van der Waals surface area contributed by atoms with Crippen molar-refractivity contribution in [3.05, 3.63) is 69.4 Å². The summed E-state index contributed by atoms with van der Waals surface area (Å²) in [4.78, 5) is 12.2. The molecule has 96 valence electrons. The van der Waals surface area contributed by atoms with Crippen molar-refractivity contribution in [2.24, 2.45) is 0 Å². The summed E-state index contributed by atoms with van der Waals surface area (Å²) in [5, 5.41) is 0. The van der Waals surface area contributed by atoms with Crippen molar-refractivity contribution in [3.63, 3.8) is 0 Å². The van der Waals surface area contributed by atoms with Gasteiger partial charge in [0.05, 0.1) is 0 Å². The topological polar surface area (TPSA) is 17.1 Å². The molecule has 0 saturated heterocycles. The molecule has 3 heteroatoms. The Bertz CT molecular complexity index is 651. The van der Waals surface area contributed by atoms with Gasteiger partial charge in [-0.2, -0.15) is 0 Å². The number of fused-ring (bicyclic) bond motifs is 1. The zero-order valence-corrected chi connectivity index (χ0v) is 11.8. The Balaban J connectivity index is 1.79. The number of ketones is 1. The fourth-order valence-electron chi connectivity index (χ4n) is 2.54. The number of carbonyl (C=O) groups is 1. The van der Waals surface area contributed by atoms with Gasteiger partial charge in [0.15, 0.2) is 0 Å². The minimum absolute atomic E-state index is 0.0606. The predicted molar refractivity (Wildman–Crippen MR) is 75.7 cm³/mol. The number of hydrogen-bond donors (Lipinski definition) is 0. The number of benzene rings is 2. The van der Waals surface area contributed by atoms with Crippen LogP contribution in [-0.4, -0.2) is 5.78 Å². The summed E-state index contributed by atoms with van der Waals surface area (Å²) < 4.78 is 14.4. The van der Waals surface area contributed by atoms with Crippen molar-refractivity contribution < 1.29 is 9.18 Å². The monoisotopic (exact) mass is 318 g/mol. The lowest BCUT2D eigenvalue weighted by atomic mass is 9.74. The van der Waals surface area contributed by atoms with Crippen LogP contribution in [0.1, 0.15) is 22.6 Å². The Morgan fingerprint density at radius 1 is 1.26 bits per heavy atom. The van der Waals surface area contributed by atoms with E-state index in [-0.39, 0.29) is 23.9 Å². The molecule has 1 unspecified atom stereocenters. The van der Waals surface area contributed by atoms with Crippen LogP contribution in [0.2, 0.25) is 0 Å². The second-order valence-electron chi connectivity index (χ2n) is 4.83. The molecule has 1 aliphatic carbocycles. The third kappa shape index (κ3) is 2.35. The van der Waals surface area contributed by atoms with Crippen molar-refractivity contribution in [1.29, 1.82) is 0 Å². The summed E-state index contributed by atoms with van der Waals surface area (Å²) in [6.07, 6.45) is 0.939. The van der Waals surface area contributed by atoms with Gasteiger partial charge in [-0.05, 0) is 41.3 Å². The molecule has 2 aromatic rings. The molecule has 0 radical (unpaired) electrons. The van der Waals surface area contributed by atoms with Gasteiger partial charge in [0, 0.05) is 16.8 Å². The summed E-state index contributed by atoms with van der Waals surface area (Å²) in [7, 11) is 0. The third-order valence-corrected chi connectivity index (χ3v) is 4.11. The maximum absolute atomic E-state index is 13.6. The van der Waals surface area contributed by atoms with Crippen LogP contribution in [0.15, 0.2) is 46.9 Å². The molecule has 0 fully saturated rings. The standard InChI is InChI=1S/C16H12BrFO/c17-12-5-6-15(18)11(7-12)9-16(19)14-8-10-3-1-2-4-13(10)14/h1-7,14H,8-9H2. The largest absolute Gasteiger partial charge is 0.299 e. The average Bonchev–Trinajstić information content (AvgIpc) is 2.35. The van der Waals surface area contributed by atoms with Crippen LogP contribution in [0.4, 0.5) is 4.39 Å². The Labute approximate surface area is 119 Å². The summed E-state index contributed by atoms with van der Waals surface area (Å²) in [6, 6.07) is 12.7. The van der Waals surface area contributed by atoms with E-state index >= 15 is 0 Å². The summed E-state index contributed by atoms with van der Waals surface area (Å²) in [5.74, 6) is -0.283. The van der Waals surface area contributed by atoms with Crippen LogP contribution in [-0.2, 0) is 17.6 Å². The Kier molecular flexibility index (Phi) is 3.23. The maximum Gasteiger partial charge on any atom is 0.145 e. The van der Waals surface area contributed by atoms with E-state index in [1.54, 1.807) is 12.1 Å². The molecule has 19 heavy (non-hydrogen) atoms. The van der Waals surface area contributed by atoms with Gasteiger partial charge in [0.25, 0.3) is 0 Å². The highest BCUT2D eigenvalue weighted by atomic mass is 79.9. The van der Waals surface area contributed by atoms with E-state index in [1.807, 2.05) is 24.3 Å². The lowest BCUT2D eigenvalue weighted by Gasteiger charge is -2.28. The molecular formula is C16H12BrFO. The quantitative estimate of drug-likeness (QED) is 0.834. The van der Waals surface area contributed by atoms with Crippen LogP contribution in [0, 0.1) is 5.82 Å². The van der Waals surface area contributed by atoms with Gasteiger partial charge >= 0.3 is 0 Å². The van der Waals surface area contributed by atoms with E-state index in [2.05, 4.69) is 15.9 Å².